The van der Waals surface area contributed by atoms with Gasteiger partial charge in [0.05, 0.1) is 12.8 Å². The minimum Gasteiger partial charge on any atom is -0.495 e. The maximum atomic E-state index is 12.1. The molecule has 1 aromatic rings. The van der Waals surface area contributed by atoms with Crippen LogP contribution in [0, 0.1) is 0 Å². The van der Waals surface area contributed by atoms with Crippen LogP contribution in [0.1, 0.15) is 6.92 Å². The maximum Gasteiger partial charge on any atom is 0.319 e. The minimum atomic E-state index is 0.118. The highest BCUT2D eigenvalue weighted by Crippen LogP contribution is 2.28. The molecular formula is C15H23N3O2. The highest BCUT2D eigenvalue weighted by atomic mass is 16.5. The largest absolute Gasteiger partial charge is 0.495 e. The first-order valence-electron chi connectivity index (χ1n) is 7.05. The van der Waals surface area contributed by atoms with Crippen molar-refractivity contribution < 1.29 is 9.53 Å². The van der Waals surface area contributed by atoms with E-state index in [0.717, 1.165) is 44.2 Å². The van der Waals surface area contributed by atoms with Gasteiger partial charge < -0.3 is 19.4 Å². The lowest BCUT2D eigenvalue weighted by molar-refractivity contribution is 0.161. The Balaban J connectivity index is 1.99. The van der Waals surface area contributed by atoms with Crippen LogP contribution < -0.4 is 9.64 Å². The molecule has 1 fully saturated rings. The number of amides is 2. The molecule has 5 heteroatoms. The molecule has 0 bridgehead atoms. The lowest BCUT2D eigenvalue weighted by Crippen LogP contribution is -2.52. The van der Waals surface area contributed by atoms with Crippen LogP contribution >= 0.6 is 0 Å². The molecule has 0 aliphatic carbocycles. The van der Waals surface area contributed by atoms with Gasteiger partial charge in [-0.2, -0.15) is 0 Å². The van der Waals surface area contributed by atoms with Crippen LogP contribution in [0.4, 0.5) is 10.5 Å². The summed E-state index contributed by atoms with van der Waals surface area (Å²) in [6.45, 7) is 5.91. The summed E-state index contributed by atoms with van der Waals surface area (Å²) in [6.07, 6.45) is 0. The van der Waals surface area contributed by atoms with Gasteiger partial charge in [0.2, 0.25) is 0 Å². The van der Waals surface area contributed by atoms with Crippen molar-refractivity contribution in [2.75, 3.05) is 51.8 Å². The molecule has 2 rings (SSSR count). The number of urea groups is 1. The smallest absolute Gasteiger partial charge is 0.319 e. The first-order valence-corrected chi connectivity index (χ1v) is 7.05. The SMILES string of the molecule is CCN(C)C(=O)N1CCN(c2ccccc2OC)CC1. The molecule has 0 unspecified atom stereocenters. The average molecular weight is 277 g/mol. The van der Waals surface area contributed by atoms with Gasteiger partial charge in [0.25, 0.3) is 0 Å². The Kier molecular flexibility index (Phi) is 4.71. The van der Waals surface area contributed by atoms with E-state index in [4.69, 9.17) is 4.74 Å². The van der Waals surface area contributed by atoms with Crippen molar-refractivity contribution >= 4 is 11.7 Å². The molecule has 0 atom stereocenters. The van der Waals surface area contributed by atoms with E-state index in [1.54, 1.807) is 12.0 Å². The normalized spacial score (nSPS) is 15.2. The summed E-state index contributed by atoms with van der Waals surface area (Å²) in [6, 6.07) is 8.14. The second kappa shape index (κ2) is 6.50. The molecule has 1 saturated heterocycles. The molecule has 1 aliphatic heterocycles. The predicted octanol–water partition coefficient (Wildman–Crippen LogP) is 1.89. The first kappa shape index (κ1) is 14.5. The number of carbonyl (C=O) groups excluding carboxylic acids is 1. The van der Waals surface area contributed by atoms with Gasteiger partial charge in [-0.3, -0.25) is 0 Å². The maximum absolute atomic E-state index is 12.1. The summed E-state index contributed by atoms with van der Waals surface area (Å²) in [5, 5.41) is 0. The molecule has 20 heavy (non-hydrogen) atoms. The highest BCUT2D eigenvalue weighted by Gasteiger charge is 2.24. The van der Waals surface area contributed by atoms with Crippen molar-refractivity contribution in [3.63, 3.8) is 0 Å². The van der Waals surface area contributed by atoms with E-state index >= 15 is 0 Å². The van der Waals surface area contributed by atoms with Gasteiger partial charge in [-0.15, -0.1) is 0 Å². The lowest BCUT2D eigenvalue weighted by atomic mass is 10.2. The van der Waals surface area contributed by atoms with Gasteiger partial charge in [0, 0.05) is 39.8 Å². The van der Waals surface area contributed by atoms with Crippen LogP contribution in [0.25, 0.3) is 0 Å². The van der Waals surface area contributed by atoms with Crippen LogP contribution in [-0.2, 0) is 0 Å². The molecule has 0 N–H and O–H groups in total. The lowest BCUT2D eigenvalue weighted by Gasteiger charge is -2.38. The number of nitrogens with zero attached hydrogens (tertiary/aromatic N) is 3. The van der Waals surface area contributed by atoms with E-state index in [0.29, 0.717) is 0 Å². The van der Waals surface area contributed by atoms with Crippen molar-refractivity contribution in [1.29, 1.82) is 0 Å². The summed E-state index contributed by atoms with van der Waals surface area (Å²) in [7, 11) is 3.53. The molecule has 0 spiro atoms. The molecular weight excluding hydrogens is 254 g/mol. The van der Waals surface area contributed by atoms with Crippen molar-refractivity contribution in [1.82, 2.24) is 9.80 Å². The fourth-order valence-corrected chi connectivity index (χ4v) is 2.41. The van der Waals surface area contributed by atoms with E-state index in [2.05, 4.69) is 11.0 Å². The van der Waals surface area contributed by atoms with Crippen LogP contribution in [0.15, 0.2) is 24.3 Å². The monoisotopic (exact) mass is 277 g/mol. The van der Waals surface area contributed by atoms with Crippen LogP contribution in [0.3, 0.4) is 0 Å². The summed E-state index contributed by atoms with van der Waals surface area (Å²) in [5.41, 5.74) is 1.10. The van der Waals surface area contributed by atoms with E-state index < -0.39 is 0 Å². The van der Waals surface area contributed by atoms with E-state index in [1.165, 1.54) is 0 Å². The van der Waals surface area contributed by atoms with Gasteiger partial charge in [0.1, 0.15) is 5.75 Å². The molecule has 0 radical (unpaired) electrons. The third kappa shape index (κ3) is 2.98. The topological polar surface area (TPSA) is 36.0 Å². The average Bonchev–Trinajstić information content (AvgIpc) is 2.53. The standard InChI is InChI=1S/C15H23N3O2/c1-4-16(2)15(19)18-11-9-17(10-12-18)13-7-5-6-8-14(13)20-3/h5-8H,4,9-12H2,1-3H3. The van der Waals surface area contributed by atoms with Gasteiger partial charge in [-0.1, -0.05) is 12.1 Å². The number of rotatable bonds is 3. The Hall–Kier alpha value is -1.91. The fourth-order valence-electron chi connectivity index (χ4n) is 2.41. The number of hydrogen-bond acceptors (Lipinski definition) is 3. The van der Waals surface area contributed by atoms with Crippen molar-refractivity contribution in [2.24, 2.45) is 0 Å². The number of benzene rings is 1. The van der Waals surface area contributed by atoms with E-state index in [9.17, 15) is 4.79 Å². The molecule has 1 aliphatic rings. The zero-order valence-electron chi connectivity index (χ0n) is 12.5. The Morgan fingerprint density at radius 1 is 1.25 bits per heavy atom. The van der Waals surface area contributed by atoms with E-state index in [1.807, 2.05) is 37.1 Å². The summed E-state index contributed by atoms with van der Waals surface area (Å²) in [5.74, 6) is 0.887. The molecule has 0 aromatic heterocycles. The molecule has 110 valence electrons. The predicted molar refractivity (Wildman–Crippen MR) is 80.5 cm³/mol. The van der Waals surface area contributed by atoms with E-state index in [-0.39, 0.29) is 6.03 Å². The molecule has 0 saturated carbocycles. The zero-order valence-corrected chi connectivity index (χ0v) is 12.5. The number of hydrogen-bond donors (Lipinski definition) is 0. The summed E-state index contributed by atoms with van der Waals surface area (Å²) in [4.78, 5) is 18.0. The van der Waals surface area contributed by atoms with Gasteiger partial charge in [0.15, 0.2) is 0 Å². The first-order chi connectivity index (χ1) is 9.67. The van der Waals surface area contributed by atoms with Crippen molar-refractivity contribution in [3.8, 4) is 5.75 Å². The third-order valence-corrected chi connectivity index (χ3v) is 3.78. The van der Waals surface area contributed by atoms with Gasteiger partial charge in [-0.05, 0) is 19.1 Å². The van der Waals surface area contributed by atoms with Gasteiger partial charge in [-0.25, -0.2) is 4.79 Å². The number of para-hydroxylation sites is 2. The van der Waals surface area contributed by atoms with Crippen LogP contribution in [-0.4, -0.2) is 62.7 Å². The Morgan fingerprint density at radius 2 is 1.90 bits per heavy atom. The third-order valence-electron chi connectivity index (χ3n) is 3.78. The van der Waals surface area contributed by atoms with Crippen LogP contribution in [0.5, 0.6) is 5.75 Å². The quantitative estimate of drug-likeness (QED) is 0.846. The number of anilines is 1. The Bertz CT molecular complexity index is 456. The Labute approximate surface area is 120 Å². The number of piperazine rings is 1. The summed E-state index contributed by atoms with van der Waals surface area (Å²) >= 11 is 0. The Morgan fingerprint density at radius 3 is 2.50 bits per heavy atom. The highest BCUT2D eigenvalue weighted by molar-refractivity contribution is 5.74. The minimum absolute atomic E-state index is 0.118. The molecule has 1 heterocycles. The number of carbonyl (C=O) groups is 1. The second-order valence-corrected chi connectivity index (χ2v) is 4.94. The number of ether oxygens (including phenoxy) is 1. The fraction of sp³-hybridized carbons (Fsp3) is 0.533. The molecule has 1 aromatic carbocycles. The zero-order chi connectivity index (χ0) is 14.5. The molecule has 2 amide bonds. The second-order valence-electron chi connectivity index (χ2n) is 4.94. The van der Waals surface area contributed by atoms with Crippen molar-refractivity contribution in [2.45, 2.75) is 6.92 Å². The molecule has 5 nitrogen and oxygen atoms in total. The van der Waals surface area contributed by atoms with Crippen LogP contribution in [0.2, 0.25) is 0 Å². The summed E-state index contributed by atoms with van der Waals surface area (Å²) < 4.78 is 5.40. The van der Waals surface area contributed by atoms with Gasteiger partial charge >= 0.3 is 6.03 Å². The van der Waals surface area contributed by atoms with Crippen molar-refractivity contribution in [3.05, 3.63) is 24.3 Å². The number of methoxy groups -OCH3 is 1.